The van der Waals surface area contributed by atoms with Gasteiger partial charge in [0.1, 0.15) is 11.6 Å². The monoisotopic (exact) mass is 359 g/mol. The minimum atomic E-state index is -0.367. The molecule has 26 heavy (non-hydrogen) atoms. The molecule has 1 saturated heterocycles. The second-order valence-corrected chi connectivity index (χ2v) is 6.59. The molecule has 0 saturated carbocycles. The number of amides is 1. The van der Waals surface area contributed by atoms with Gasteiger partial charge in [-0.2, -0.15) is 0 Å². The number of nitrogens with one attached hydrogen (secondary N) is 1. The van der Waals surface area contributed by atoms with Gasteiger partial charge in [-0.1, -0.05) is 18.2 Å². The Kier molecular flexibility index (Phi) is 6.30. The van der Waals surface area contributed by atoms with E-state index in [0.29, 0.717) is 12.2 Å². The molecule has 3 rings (SSSR count). The van der Waals surface area contributed by atoms with Gasteiger partial charge in [0.15, 0.2) is 0 Å². The first-order chi connectivity index (χ1) is 12.6. The molecular weight excluding hydrogens is 336 g/mol. The normalized spacial score (nSPS) is 16.2. The highest BCUT2D eigenvalue weighted by Crippen LogP contribution is 2.11. The molecule has 1 amide bonds. The fraction of sp³-hybridized carbons (Fsp3) is 0.350. The van der Waals surface area contributed by atoms with Crippen molar-refractivity contribution in [3.8, 4) is 0 Å². The average molecular weight is 359 g/mol. The van der Waals surface area contributed by atoms with E-state index >= 15 is 0 Å². The van der Waals surface area contributed by atoms with Crippen molar-refractivity contribution in [1.29, 1.82) is 0 Å². The zero-order chi connectivity index (χ0) is 18.4. The third kappa shape index (κ3) is 5.61. The maximum Gasteiger partial charge on any atom is 0.238 e. The highest BCUT2D eigenvalue weighted by molar-refractivity contribution is 5.92. The lowest BCUT2D eigenvalue weighted by atomic mass is 10.2. The number of hydrogen-bond donors (Lipinski definition) is 1. The van der Waals surface area contributed by atoms with Crippen LogP contribution in [0, 0.1) is 11.6 Å². The molecule has 0 radical (unpaired) electrons. The number of hydrogen-bond acceptors (Lipinski definition) is 3. The molecular formula is C20H23F2N3O. The summed E-state index contributed by atoms with van der Waals surface area (Å²) < 4.78 is 26.2. The summed E-state index contributed by atoms with van der Waals surface area (Å²) in [5, 5.41) is 2.74. The zero-order valence-corrected chi connectivity index (χ0v) is 14.6. The van der Waals surface area contributed by atoms with Gasteiger partial charge in [0.05, 0.1) is 6.54 Å². The third-order valence-electron chi connectivity index (χ3n) is 4.48. The predicted octanol–water partition coefficient (Wildman–Crippen LogP) is 3.11. The molecule has 1 heterocycles. The maximum absolute atomic E-state index is 13.2. The molecule has 4 nitrogen and oxygen atoms in total. The average Bonchev–Trinajstić information content (AvgIpc) is 2.82. The number of carbonyl (C=O) groups is 1. The fourth-order valence-electron chi connectivity index (χ4n) is 3.16. The molecule has 0 spiro atoms. The van der Waals surface area contributed by atoms with Gasteiger partial charge in [0.25, 0.3) is 0 Å². The molecule has 1 aliphatic heterocycles. The van der Waals surface area contributed by atoms with Gasteiger partial charge in [-0.25, -0.2) is 8.78 Å². The largest absolute Gasteiger partial charge is 0.325 e. The van der Waals surface area contributed by atoms with E-state index in [-0.39, 0.29) is 17.5 Å². The Bertz CT molecular complexity index is 736. The fourth-order valence-corrected chi connectivity index (χ4v) is 3.16. The van der Waals surface area contributed by atoms with E-state index in [0.717, 1.165) is 44.7 Å². The summed E-state index contributed by atoms with van der Waals surface area (Å²) in [7, 11) is 0. The Labute approximate surface area is 152 Å². The van der Waals surface area contributed by atoms with Crippen molar-refractivity contribution in [2.75, 3.05) is 38.0 Å². The number of benzene rings is 2. The van der Waals surface area contributed by atoms with Gasteiger partial charge >= 0.3 is 0 Å². The Morgan fingerprint density at radius 1 is 0.923 bits per heavy atom. The summed E-state index contributed by atoms with van der Waals surface area (Å²) in [6, 6.07) is 12.5. The molecule has 138 valence electrons. The Morgan fingerprint density at radius 2 is 1.65 bits per heavy atom. The number of rotatable bonds is 5. The van der Waals surface area contributed by atoms with Gasteiger partial charge in [-0.15, -0.1) is 0 Å². The van der Waals surface area contributed by atoms with Gasteiger partial charge in [0, 0.05) is 25.3 Å². The van der Waals surface area contributed by atoms with Gasteiger partial charge in [-0.3, -0.25) is 14.6 Å². The molecule has 0 aromatic heterocycles. The molecule has 0 bridgehead atoms. The first-order valence-electron chi connectivity index (χ1n) is 8.83. The van der Waals surface area contributed by atoms with Crippen molar-refractivity contribution >= 4 is 11.6 Å². The van der Waals surface area contributed by atoms with Crippen LogP contribution in [0.15, 0.2) is 48.5 Å². The minimum Gasteiger partial charge on any atom is -0.325 e. The van der Waals surface area contributed by atoms with Crippen LogP contribution in [0.5, 0.6) is 0 Å². The molecule has 2 aromatic rings. The lowest BCUT2D eigenvalue weighted by molar-refractivity contribution is -0.117. The second-order valence-electron chi connectivity index (χ2n) is 6.59. The molecule has 2 aromatic carbocycles. The number of carbonyl (C=O) groups excluding carboxylic acids is 1. The van der Waals surface area contributed by atoms with Crippen molar-refractivity contribution in [2.24, 2.45) is 0 Å². The SMILES string of the molecule is O=C(CN1CCCN(Cc2ccc(F)cc2)CC1)Nc1cccc(F)c1. The molecule has 1 fully saturated rings. The van der Waals surface area contributed by atoms with Crippen LogP contribution in [0.1, 0.15) is 12.0 Å². The Morgan fingerprint density at radius 3 is 2.42 bits per heavy atom. The van der Waals surface area contributed by atoms with Gasteiger partial charge in [-0.05, 0) is 55.4 Å². The molecule has 0 atom stereocenters. The predicted molar refractivity (Wildman–Crippen MR) is 97.8 cm³/mol. The Balaban J connectivity index is 1.47. The highest BCUT2D eigenvalue weighted by atomic mass is 19.1. The molecule has 1 N–H and O–H groups in total. The van der Waals surface area contributed by atoms with Crippen LogP contribution in [-0.2, 0) is 11.3 Å². The van der Waals surface area contributed by atoms with E-state index in [1.165, 1.54) is 24.3 Å². The third-order valence-corrected chi connectivity index (χ3v) is 4.48. The van der Waals surface area contributed by atoms with Crippen LogP contribution >= 0.6 is 0 Å². The molecule has 1 aliphatic rings. The zero-order valence-electron chi connectivity index (χ0n) is 14.6. The molecule has 0 aliphatic carbocycles. The van der Waals surface area contributed by atoms with Crippen LogP contribution < -0.4 is 5.32 Å². The summed E-state index contributed by atoms with van der Waals surface area (Å²) in [6.07, 6.45) is 0.967. The number of anilines is 1. The lowest BCUT2D eigenvalue weighted by Gasteiger charge is -2.21. The quantitative estimate of drug-likeness (QED) is 0.891. The molecule has 6 heteroatoms. The van der Waals surface area contributed by atoms with Crippen molar-refractivity contribution in [3.63, 3.8) is 0 Å². The van der Waals surface area contributed by atoms with Crippen LogP contribution in [0.4, 0.5) is 14.5 Å². The summed E-state index contributed by atoms with van der Waals surface area (Å²) in [5.74, 6) is -0.725. The Hall–Kier alpha value is -2.31. The van der Waals surface area contributed by atoms with Crippen molar-refractivity contribution in [3.05, 3.63) is 65.7 Å². The maximum atomic E-state index is 13.2. The van der Waals surface area contributed by atoms with Gasteiger partial charge < -0.3 is 5.32 Å². The highest BCUT2D eigenvalue weighted by Gasteiger charge is 2.17. The van der Waals surface area contributed by atoms with Crippen LogP contribution in [-0.4, -0.2) is 48.4 Å². The second kappa shape index (κ2) is 8.87. The summed E-state index contributed by atoms with van der Waals surface area (Å²) in [5.41, 5.74) is 1.56. The smallest absolute Gasteiger partial charge is 0.238 e. The lowest BCUT2D eigenvalue weighted by Crippen LogP contribution is -2.36. The van der Waals surface area contributed by atoms with Crippen LogP contribution in [0.2, 0.25) is 0 Å². The topological polar surface area (TPSA) is 35.6 Å². The van der Waals surface area contributed by atoms with E-state index < -0.39 is 0 Å². The van der Waals surface area contributed by atoms with Crippen LogP contribution in [0.3, 0.4) is 0 Å². The van der Waals surface area contributed by atoms with E-state index in [1.54, 1.807) is 12.1 Å². The first-order valence-corrected chi connectivity index (χ1v) is 8.83. The van der Waals surface area contributed by atoms with Crippen molar-refractivity contribution in [2.45, 2.75) is 13.0 Å². The van der Waals surface area contributed by atoms with E-state index in [4.69, 9.17) is 0 Å². The first kappa shape index (κ1) is 18.5. The number of halogens is 2. The summed E-state index contributed by atoms with van der Waals surface area (Å²) in [6.45, 7) is 4.50. The summed E-state index contributed by atoms with van der Waals surface area (Å²) in [4.78, 5) is 16.6. The number of nitrogens with zero attached hydrogens (tertiary/aromatic N) is 2. The van der Waals surface area contributed by atoms with E-state index in [2.05, 4.69) is 15.1 Å². The minimum absolute atomic E-state index is 0.136. The van der Waals surface area contributed by atoms with Crippen molar-refractivity contribution in [1.82, 2.24) is 9.80 Å². The van der Waals surface area contributed by atoms with E-state index in [9.17, 15) is 13.6 Å². The van der Waals surface area contributed by atoms with Crippen molar-refractivity contribution < 1.29 is 13.6 Å². The molecule has 0 unspecified atom stereocenters. The van der Waals surface area contributed by atoms with E-state index in [1.807, 2.05) is 12.1 Å². The summed E-state index contributed by atoms with van der Waals surface area (Å²) >= 11 is 0. The van der Waals surface area contributed by atoms with Crippen LogP contribution in [0.25, 0.3) is 0 Å². The van der Waals surface area contributed by atoms with Gasteiger partial charge in [0.2, 0.25) is 5.91 Å². The standard InChI is InChI=1S/C20H23F2N3O/c21-17-7-5-16(6-8-17)14-24-9-2-10-25(12-11-24)15-20(26)23-19-4-1-3-18(22)13-19/h1,3-8,13H,2,9-12,14-15H2,(H,23,26).